The Morgan fingerprint density at radius 2 is 1.66 bits per heavy atom. The predicted octanol–water partition coefficient (Wildman–Crippen LogP) is 8.78. The van der Waals surface area contributed by atoms with E-state index in [1.807, 2.05) is 6.92 Å². The minimum atomic E-state index is -2.21. The van der Waals surface area contributed by atoms with Crippen molar-refractivity contribution in [3.05, 3.63) is 104 Å². The van der Waals surface area contributed by atoms with Crippen molar-refractivity contribution in [2.45, 2.75) is 70.1 Å². The molecule has 1 saturated heterocycles. The number of carbonyl (C=O) groups excluding carboxylic acids is 1. The molecule has 0 aromatic heterocycles. The van der Waals surface area contributed by atoms with Crippen LogP contribution < -0.4 is 0 Å². The zero-order valence-corrected chi connectivity index (χ0v) is 30.1. The molecule has 0 spiro atoms. The third-order valence-corrected chi connectivity index (χ3v) is 11.0. The summed E-state index contributed by atoms with van der Waals surface area (Å²) in [5.74, 6) is -3.42. The SMILES string of the molecule is CCC(O[Si](C)(C)C)(c1cc(F)c2c(c1)C(=O)N([C@H](c1ccc(Cl)cc1)[C@H](C)C(=O)O)C2(OC)c1ccc(Cl)cc1)C1CCOCC1. The predicted molar refractivity (Wildman–Crippen MR) is 183 cm³/mol. The molecule has 2 aliphatic rings. The number of halogens is 3. The minimum Gasteiger partial charge on any atom is -0.481 e. The molecule has 2 heterocycles. The number of hydrogen-bond acceptors (Lipinski definition) is 5. The average molecular weight is 703 g/mol. The van der Waals surface area contributed by atoms with E-state index in [-0.39, 0.29) is 17.0 Å². The number of carboxylic acids is 1. The lowest BCUT2D eigenvalue weighted by atomic mass is 9.74. The van der Waals surface area contributed by atoms with Crippen molar-refractivity contribution in [2.24, 2.45) is 11.8 Å². The van der Waals surface area contributed by atoms with Gasteiger partial charge in [-0.05, 0) is 99.3 Å². The summed E-state index contributed by atoms with van der Waals surface area (Å²) in [6.45, 7) is 11.0. The molecule has 2 aliphatic heterocycles. The number of amides is 1. The fourth-order valence-electron chi connectivity index (χ4n) is 7.47. The number of rotatable bonds is 11. The summed E-state index contributed by atoms with van der Waals surface area (Å²) in [6.07, 6.45) is 2.03. The normalized spacial score (nSPS) is 21.3. The summed E-state index contributed by atoms with van der Waals surface area (Å²) in [5.41, 5.74) is -1.08. The first-order valence-corrected chi connectivity index (χ1v) is 20.1. The highest BCUT2D eigenvalue weighted by Gasteiger charge is 2.58. The van der Waals surface area contributed by atoms with Crippen LogP contribution in [0, 0.1) is 17.7 Å². The standard InChI is InChI=1S/C36H42Cl2FNO6Si/c1-7-35(46-47(4,5)6,24-16-18-45-19-17-24)26-20-29-31(30(39)21-26)36(44-3,25-10-14-28(38)15-11-25)40(33(29)41)32(22(2)34(42)43)23-8-12-27(37)13-9-23/h8-15,20-22,24,32H,7,16-19H2,1-6H3,(H,42,43)/t22-,32-,35?,36?/m0/s1. The number of nitrogens with zero attached hydrogens (tertiary/aromatic N) is 1. The van der Waals surface area contributed by atoms with Crippen LogP contribution in [0.15, 0.2) is 60.7 Å². The van der Waals surface area contributed by atoms with E-state index < -0.39 is 49.3 Å². The molecule has 47 heavy (non-hydrogen) atoms. The number of aliphatic carboxylic acids is 1. The van der Waals surface area contributed by atoms with Crippen LogP contribution in [0.1, 0.15) is 71.8 Å². The van der Waals surface area contributed by atoms with E-state index in [1.165, 1.54) is 25.0 Å². The molecular weight excluding hydrogens is 660 g/mol. The van der Waals surface area contributed by atoms with E-state index in [9.17, 15) is 14.7 Å². The molecule has 5 rings (SSSR count). The smallest absolute Gasteiger partial charge is 0.308 e. The first-order chi connectivity index (χ1) is 22.2. The Kier molecular flexibility index (Phi) is 10.3. The lowest BCUT2D eigenvalue weighted by Gasteiger charge is -2.46. The van der Waals surface area contributed by atoms with Gasteiger partial charge in [0.15, 0.2) is 14.0 Å². The molecule has 0 bridgehead atoms. The first kappa shape index (κ1) is 35.5. The van der Waals surface area contributed by atoms with Crippen molar-refractivity contribution in [1.82, 2.24) is 4.90 Å². The second-order valence-electron chi connectivity index (χ2n) is 13.4. The molecule has 0 aliphatic carbocycles. The van der Waals surface area contributed by atoms with Crippen molar-refractivity contribution < 1.29 is 33.0 Å². The van der Waals surface area contributed by atoms with Crippen molar-refractivity contribution in [1.29, 1.82) is 0 Å². The van der Waals surface area contributed by atoms with Gasteiger partial charge in [-0.1, -0.05) is 54.4 Å². The molecule has 0 radical (unpaired) electrons. The highest BCUT2D eigenvalue weighted by atomic mass is 35.5. The molecule has 4 atom stereocenters. The summed E-state index contributed by atoms with van der Waals surface area (Å²) in [7, 11) is -0.816. The van der Waals surface area contributed by atoms with Crippen molar-refractivity contribution in [2.75, 3.05) is 20.3 Å². The topological polar surface area (TPSA) is 85.3 Å². The van der Waals surface area contributed by atoms with Gasteiger partial charge in [-0.3, -0.25) is 14.5 Å². The third kappa shape index (κ3) is 6.38. The lowest BCUT2D eigenvalue weighted by Crippen LogP contribution is -2.51. The number of methoxy groups -OCH3 is 1. The van der Waals surface area contributed by atoms with Gasteiger partial charge in [-0.2, -0.15) is 0 Å². The molecule has 7 nitrogen and oxygen atoms in total. The second kappa shape index (κ2) is 13.6. The highest BCUT2D eigenvalue weighted by molar-refractivity contribution is 6.69. The molecule has 11 heteroatoms. The summed E-state index contributed by atoms with van der Waals surface area (Å²) in [4.78, 5) is 29.0. The Morgan fingerprint density at radius 1 is 1.09 bits per heavy atom. The number of benzene rings is 3. The molecule has 1 N–H and O–H groups in total. The Balaban J connectivity index is 1.82. The maximum Gasteiger partial charge on any atom is 0.308 e. The number of ether oxygens (including phenoxy) is 2. The summed E-state index contributed by atoms with van der Waals surface area (Å²) in [6, 6.07) is 15.4. The summed E-state index contributed by atoms with van der Waals surface area (Å²) < 4.78 is 36.2. The molecule has 1 amide bonds. The Morgan fingerprint density at radius 3 is 2.17 bits per heavy atom. The first-order valence-electron chi connectivity index (χ1n) is 16.0. The van der Waals surface area contributed by atoms with Gasteiger partial charge in [0.1, 0.15) is 5.82 Å². The zero-order chi connectivity index (χ0) is 34.3. The molecule has 0 saturated carbocycles. The van der Waals surface area contributed by atoms with Crippen LogP contribution in [-0.4, -0.2) is 50.5 Å². The van der Waals surface area contributed by atoms with Crippen molar-refractivity contribution >= 4 is 43.4 Å². The number of hydrogen-bond donors (Lipinski definition) is 1. The fourth-order valence-corrected chi connectivity index (χ4v) is 9.24. The van der Waals surface area contributed by atoms with Crippen molar-refractivity contribution in [3.63, 3.8) is 0 Å². The Labute approximate surface area is 287 Å². The molecule has 3 aromatic rings. The van der Waals surface area contributed by atoms with Gasteiger partial charge in [0.2, 0.25) is 0 Å². The number of carboxylic acid groups (broad SMARTS) is 1. The monoisotopic (exact) mass is 701 g/mol. The maximum absolute atomic E-state index is 17.2. The van der Waals surface area contributed by atoms with Crippen LogP contribution in [0.5, 0.6) is 0 Å². The fraction of sp³-hybridized carbons (Fsp3) is 0.444. The van der Waals surface area contributed by atoms with E-state index in [2.05, 4.69) is 19.6 Å². The highest BCUT2D eigenvalue weighted by Crippen LogP contribution is 2.54. The molecule has 1 fully saturated rings. The van der Waals surface area contributed by atoms with E-state index in [0.29, 0.717) is 46.4 Å². The van der Waals surface area contributed by atoms with Crippen molar-refractivity contribution in [3.8, 4) is 0 Å². The summed E-state index contributed by atoms with van der Waals surface area (Å²) >= 11 is 12.5. The quantitative estimate of drug-likeness (QED) is 0.201. The Bertz CT molecular complexity index is 1630. The van der Waals surface area contributed by atoms with Crippen LogP contribution in [0.3, 0.4) is 0 Å². The van der Waals surface area contributed by atoms with Gasteiger partial charge in [-0.15, -0.1) is 0 Å². The van der Waals surface area contributed by atoms with E-state index in [0.717, 1.165) is 12.8 Å². The summed E-state index contributed by atoms with van der Waals surface area (Å²) in [5, 5.41) is 11.2. The largest absolute Gasteiger partial charge is 0.481 e. The third-order valence-electron chi connectivity index (χ3n) is 9.48. The van der Waals surface area contributed by atoms with Crippen LogP contribution in [0.2, 0.25) is 29.7 Å². The van der Waals surface area contributed by atoms with Gasteiger partial charge >= 0.3 is 5.97 Å². The van der Waals surface area contributed by atoms with E-state index in [4.69, 9.17) is 37.1 Å². The average Bonchev–Trinajstić information content (AvgIpc) is 3.29. The van der Waals surface area contributed by atoms with Gasteiger partial charge in [0.05, 0.1) is 28.7 Å². The number of carbonyl (C=O) groups is 2. The lowest BCUT2D eigenvalue weighted by molar-refractivity contribution is -0.149. The van der Waals surface area contributed by atoms with Crippen LogP contribution in [-0.2, 0) is 30.0 Å². The van der Waals surface area contributed by atoms with Crippen LogP contribution >= 0.6 is 23.2 Å². The minimum absolute atomic E-state index is 0.0117. The van der Waals surface area contributed by atoms with Crippen LogP contribution in [0.4, 0.5) is 4.39 Å². The van der Waals surface area contributed by atoms with E-state index >= 15 is 4.39 Å². The molecule has 2 unspecified atom stereocenters. The van der Waals surface area contributed by atoms with Gasteiger partial charge in [-0.25, -0.2) is 4.39 Å². The number of fused-ring (bicyclic) bond motifs is 1. The van der Waals surface area contributed by atoms with Gasteiger partial charge in [0.25, 0.3) is 5.91 Å². The Hall–Kier alpha value is -2.79. The molecule has 252 valence electrons. The van der Waals surface area contributed by atoms with Crippen LogP contribution in [0.25, 0.3) is 0 Å². The molecule has 3 aromatic carbocycles. The van der Waals surface area contributed by atoms with Gasteiger partial charge < -0.3 is 19.0 Å². The zero-order valence-electron chi connectivity index (χ0n) is 27.6. The molecular formula is C36H42Cl2FNO6Si. The van der Waals surface area contributed by atoms with Gasteiger partial charge in [0, 0.05) is 35.9 Å². The van der Waals surface area contributed by atoms with E-state index in [1.54, 1.807) is 54.6 Å². The maximum atomic E-state index is 17.2. The second-order valence-corrected chi connectivity index (χ2v) is 18.7.